The molecule has 11 heteroatoms. The van der Waals surface area contributed by atoms with Crippen LogP contribution >= 0.6 is 0 Å². The van der Waals surface area contributed by atoms with E-state index in [1.807, 2.05) is 0 Å². The van der Waals surface area contributed by atoms with Crippen molar-refractivity contribution in [3.63, 3.8) is 0 Å². The molecule has 0 amide bonds. The topological polar surface area (TPSA) is 131 Å². The molecular weight excluding hydrogens is 477 g/mol. The van der Waals surface area contributed by atoms with Gasteiger partial charge in [0.25, 0.3) is 0 Å². The van der Waals surface area contributed by atoms with Gasteiger partial charge in [-0.15, -0.1) is 0 Å². The number of ether oxygens (including phenoxy) is 2. The third-order valence-corrected chi connectivity index (χ3v) is 6.23. The van der Waals surface area contributed by atoms with Crippen molar-refractivity contribution in [1.82, 2.24) is 9.78 Å². The maximum Gasteiger partial charge on any atom is 0.320 e. The van der Waals surface area contributed by atoms with Crippen molar-refractivity contribution in [2.24, 2.45) is 5.73 Å². The normalized spacial score (nSPS) is 11.8. The molecule has 0 saturated carbocycles. The van der Waals surface area contributed by atoms with Crippen molar-refractivity contribution in [2.75, 3.05) is 19.4 Å². The monoisotopic (exact) mass is 503 g/mol. The number of halogens is 1. The number of carbonyl (C=O) groups excluding carboxylic acids is 1. The second kappa shape index (κ2) is 10.4. The molecule has 3 rings (SSSR count). The molecule has 0 atom stereocenters. The Bertz CT molecular complexity index is 1370. The quantitative estimate of drug-likeness (QED) is 0.441. The van der Waals surface area contributed by atoms with Gasteiger partial charge in [0.1, 0.15) is 11.4 Å². The first-order valence-electron chi connectivity index (χ1n) is 10.6. The van der Waals surface area contributed by atoms with Gasteiger partial charge in [0.2, 0.25) is 0 Å². The van der Waals surface area contributed by atoms with E-state index in [-0.39, 0.29) is 30.2 Å². The molecule has 186 valence electrons. The number of nitrogens with two attached hydrogens (primary N) is 1. The predicted molar refractivity (Wildman–Crippen MR) is 128 cm³/mol. The van der Waals surface area contributed by atoms with E-state index in [9.17, 15) is 22.4 Å². The third-order valence-electron chi connectivity index (χ3n) is 5.11. The van der Waals surface area contributed by atoms with Gasteiger partial charge in [-0.2, -0.15) is 9.78 Å². The van der Waals surface area contributed by atoms with Crippen LogP contribution in [0.2, 0.25) is 0 Å². The highest BCUT2D eigenvalue weighted by molar-refractivity contribution is 7.90. The maximum absolute atomic E-state index is 13.4. The lowest BCUT2D eigenvalue weighted by Gasteiger charge is -2.25. The van der Waals surface area contributed by atoms with Crippen molar-refractivity contribution in [1.29, 1.82) is 0 Å². The molecule has 2 N–H and O–H groups in total. The van der Waals surface area contributed by atoms with E-state index in [4.69, 9.17) is 15.2 Å². The van der Waals surface area contributed by atoms with Crippen LogP contribution in [0.25, 0.3) is 16.8 Å². The fourth-order valence-corrected chi connectivity index (χ4v) is 3.86. The highest BCUT2D eigenvalue weighted by Gasteiger charge is 2.24. The van der Waals surface area contributed by atoms with Crippen LogP contribution in [0.1, 0.15) is 20.3 Å². The smallest absolute Gasteiger partial charge is 0.320 e. The first kappa shape index (κ1) is 26.0. The van der Waals surface area contributed by atoms with Gasteiger partial charge < -0.3 is 15.2 Å². The van der Waals surface area contributed by atoms with E-state index in [0.717, 1.165) is 10.9 Å². The van der Waals surface area contributed by atoms with Crippen LogP contribution in [-0.2, 0) is 19.4 Å². The standard InChI is InChI=1S/C24H26FN3O6S/c1-24(2,34-21(29)14-26)12-13-33-22-20(16-4-10-19(11-5-16)35(3,31)32)15-27-28(23(22)30)18-8-6-17(25)7-9-18/h4-11,15H,12-14,26H2,1-3H3. The van der Waals surface area contributed by atoms with Crippen LogP contribution in [0.15, 0.2) is 64.4 Å². The number of hydrogen-bond donors (Lipinski definition) is 1. The molecule has 0 spiro atoms. The van der Waals surface area contributed by atoms with E-state index in [0.29, 0.717) is 16.8 Å². The third kappa shape index (κ3) is 6.52. The Balaban J connectivity index is 2.00. The Morgan fingerprint density at radius 2 is 1.74 bits per heavy atom. The molecule has 1 heterocycles. The predicted octanol–water partition coefficient (Wildman–Crippen LogP) is 2.49. The van der Waals surface area contributed by atoms with Crippen molar-refractivity contribution in [2.45, 2.75) is 30.8 Å². The summed E-state index contributed by atoms with van der Waals surface area (Å²) in [5.74, 6) is -1.07. The van der Waals surface area contributed by atoms with Crippen LogP contribution < -0.4 is 16.0 Å². The molecule has 9 nitrogen and oxygen atoms in total. The Labute approximate surface area is 202 Å². The van der Waals surface area contributed by atoms with Gasteiger partial charge in [-0.1, -0.05) is 12.1 Å². The minimum Gasteiger partial charge on any atom is -0.487 e. The SMILES string of the molecule is CC(C)(CCOc1c(-c2ccc(S(C)(=O)=O)cc2)cnn(-c2ccc(F)cc2)c1=O)OC(=O)CN. The molecule has 0 aliphatic carbocycles. The Morgan fingerprint density at radius 3 is 2.31 bits per heavy atom. The number of esters is 1. The zero-order chi connectivity index (χ0) is 25.8. The lowest BCUT2D eigenvalue weighted by Crippen LogP contribution is -2.33. The number of rotatable bonds is 9. The Hall–Kier alpha value is -3.57. The summed E-state index contributed by atoms with van der Waals surface area (Å²) in [6.07, 6.45) is 2.76. The first-order valence-corrected chi connectivity index (χ1v) is 12.5. The van der Waals surface area contributed by atoms with E-state index in [1.165, 1.54) is 42.6 Å². The molecule has 0 aliphatic heterocycles. The number of carbonyl (C=O) groups is 1. The van der Waals surface area contributed by atoms with Crippen LogP contribution in [-0.4, -0.2) is 49.2 Å². The molecule has 2 aromatic carbocycles. The highest BCUT2D eigenvalue weighted by atomic mass is 32.2. The summed E-state index contributed by atoms with van der Waals surface area (Å²) in [5.41, 5.74) is 4.99. The molecule has 0 bridgehead atoms. The first-order chi connectivity index (χ1) is 16.4. The fraction of sp³-hybridized carbons (Fsp3) is 0.292. The molecule has 0 unspecified atom stereocenters. The summed E-state index contributed by atoms with van der Waals surface area (Å²) in [5, 5.41) is 4.19. The molecule has 0 aliphatic rings. The van der Waals surface area contributed by atoms with Crippen molar-refractivity contribution in [3.8, 4) is 22.6 Å². The summed E-state index contributed by atoms with van der Waals surface area (Å²) in [4.78, 5) is 25.0. The van der Waals surface area contributed by atoms with Crippen LogP contribution in [0.4, 0.5) is 4.39 Å². The molecular formula is C24H26FN3O6S. The van der Waals surface area contributed by atoms with Crippen LogP contribution in [0, 0.1) is 5.82 Å². The van der Waals surface area contributed by atoms with Crippen molar-refractivity contribution >= 4 is 15.8 Å². The molecule has 0 saturated heterocycles. The minimum absolute atomic E-state index is 0.0158. The van der Waals surface area contributed by atoms with Gasteiger partial charge in [-0.05, 0) is 55.8 Å². The van der Waals surface area contributed by atoms with Gasteiger partial charge in [-0.3, -0.25) is 9.59 Å². The van der Waals surface area contributed by atoms with Gasteiger partial charge in [-0.25, -0.2) is 12.8 Å². The number of sulfone groups is 1. The van der Waals surface area contributed by atoms with Crippen LogP contribution in [0.3, 0.4) is 0 Å². The lowest BCUT2D eigenvalue weighted by molar-refractivity contribution is -0.155. The van der Waals surface area contributed by atoms with Gasteiger partial charge in [0.15, 0.2) is 15.6 Å². The second-order valence-electron chi connectivity index (χ2n) is 8.41. The molecule has 1 aromatic heterocycles. The Kier molecular flexibility index (Phi) is 7.71. The maximum atomic E-state index is 13.4. The average Bonchev–Trinajstić information content (AvgIpc) is 2.80. The molecule has 35 heavy (non-hydrogen) atoms. The summed E-state index contributed by atoms with van der Waals surface area (Å²) in [7, 11) is -3.40. The largest absolute Gasteiger partial charge is 0.487 e. The molecule has 3 aromatic rings. The van der Waals surface area contributed by atoms with Crippen molar-refractivity contribution < 1.29 is 27.1 Å². The minimum atomic E-state index is -3.40. The molecule has 0 radical (unpaired) electrons. The Morgan fingerprint density at radius 1 is 1.11 bits per heavy atom. The van der Waals surface area contributed by atoms with Crippen LogP contribution in [0.5, 0.6) is 5.75 Å². The summed E-state index contributed by atoms with van der Waals surface area (Å²) in [6, 6.07) is 11.2. The highest BCUT2D eigenvalue weighted by Crippen LogP contribution is 2.28. The number of hydrogen-bond acceptors (Lipinski definition) is 8. The fourth-order valence-electron chi connectivity index (χ4n) is 3.23. The van der Waals surface area contributed by atoms with E-state index in [2.05, 4.69) is 5.10 Å². The zero-order valence-electron chi connectivity index (χ0n) is 19.5. The molecule has 0 fully saturated rings. The lowest BCUT2D eigenvalue weighted by atomic mass is 10.1. The van der Waals surface area contributed by atoms with Crippen molar-refractivity contribution in [3.05, 3.63) is 70.9 Å². The second-order valence-corrected chi connectivity index (χ2v) is 10.4. The van der Waals surface area contributed by atoms with E-state index >= 15 is 0 Å². The van der Waals surface area contributed by atoms with Gasteiger partial charge in [0, 0.05) is 18.2 Å². The average molecular weight is 504 g/mol. The van der Waals surface area contributed by atoms with Gasteiger partial charge >= 0.3 is 11.5 Å². The number of aromatic nitrogens is 2. The number of benzene rings is 2. The summed E-state index contributed by atoms with van der Waals surface area (Å²) >= 11 is 0. The summed E-state index contributed by atoms with van der Waals surface area (Å²) in [6.45, 7) is 3.14. The summed E-state index contributed by atoms with van der Waals surface area (Å²) < 4.78 is 49.2. The van der Waals surface area contributed by atoms with Gasteiger partial charge in [0.05, 0.1) is 29.9 Å². The number of nitrogens with zero attached hydrogens (tertiary/aromatic N) is 2. The van der Waals surface area contributed by atoms with E-state index < -0.39 is 32.8 Å². The van der Waals surface area contributed by atoms with E-state index in [1.54, 1.807) is 26.0 Å². The zero-order valence-corrected chi connectivity index (χ0v) is 20.3.